The van der Waals surface area contributed by atoms with Crippen LogP contribution in [0.25, 0.3) is 11.1 Å². The Morgan fingerprint density at radius 1 is 1.17 bits per heavy atom. The van der Waals surface area contributed by atoms with E-state index in [1.165, 1.54) is 6.07 Å². The molecule has 5 nitrogen and oxygen atoms in total. The fourth-order valence-electron chi connectivity index (χ4n) is 2.08. The van der Waals surface area contributed by atoms with Crippen LogP contribution < -0.4 is 5.32 Å². The number of nitrogens with one attached hydrogen (secondary N) is 1. The monoisotopic (exact) mass is 313 g/mol. The Kier molecular flexibility index (Phi) is 4.69. The van der Waals surface area contributed by atoms with Gasteiger partial charge in [-0.1, -0.05) is 24.3 Å². The van der Waals surface area contributed by atoms with Gasteiger partial charge in [0.25, 0.3) is 0 Å². The zero-order valence-corrected chi connectivity index (χ0v) is 13.3. The second kappa shape index (κ2) is 6.52. The number of benzene rings is 2. The Morgan fingerprint density at radius 3 is 2.52 bits per heavy atom. The number of carbonyl (C=O) groups is 2. The Hall–Kier alpha value is -2.82. The molecule has 0 unspecified atom stereocenters. The van der Waals surface area contributed by atoms with Crippen molar-refractivity contribution in [3.8, 4) is 16.9 Å². The van der Waals surface area contributed by atoms with Crippen LogP contribution in [0.4, 0.5) is 10.5 Å². The average molecular weight is 313 g/mol. The first-order valence-electron chi connectivity index (χ1n) is 7.18. The lowest BCUT2D eigenvalue weighted by molar-refractivity contribution is 0.0636. The van der Waals surface area contributed by atoms with Gasteiger partial charge in [-0.05, 0) is 44.5 Å². The first kappa shape index (κ1) is 16.5. The van der Waals surface area contributed by atoms with Crippen molar-refractivity contribution in [1.29, 1.82) is 0 Å². The molecule has 120 valence electrons. The third-order valence-corrected chi connectivity index (χ3v) is 3.01. The molecule has 2 aromatic rings. The molecule has 0 aliphatic carbocycles. The highest BCUT2D eigenvalue weighted by Crippen LogP contribution is 2.32. The minimum atomic E-state index is -0.585. The number of rotatable bonds is 3. The SMILES string of the molecule is CC(C)(C)OC(=O)Nc1cccc(-c2cccc(C=O)c2O)c1. The molecule has 0 radical (unpaired) electrons. The van der Waals surface area contributed by atoms with E-state index in [0.29, 0.717) is 23.1 Å². The lowest BCUT2D eigenvalue weighted by Crippen LogP contribution is -2.27. The van der Waals surface area contributed by atoms with Crippen molar-refractivity contribution in [2.75, 3.05) is 5.32 Å². The van der Waals surface area contributed by atoms with Crippen LogP contribution in [0, 0.1) is 0 Å². The van der Waals surface area contributed by atoms with E-state index in [2.05, 4.69) is 5.32 Å². The van der Waals surface area contributed by atoms with Gasteiger partial charge in [0.05, 0.1) is 5.56 Å². The molecule has 0 saturated carbocycles. The topological polar surface area (TPSA) is 75.6 Å². The first-order chi connectivity index (χ1) is 10.8. The normalized spacial score (nSPS) is 10.9. The summed E-state index contributed by atoms with van der Waals surface area (Å²) in [5.74, 6) is -0.0862. The van der Waals surface area contributed by atoms with Crippen molar-refractivity contribution in [3.63, 3.8) is 0 Å². The Labute approximate surface area is 134 Å². The van der Waals surface area contributed by atoms with E-state index < -0.39 is 11.7 Å². The fraction of sp³-hybridized carbons (Fsp3) is 0.222. The van der Waals surface area contributed by atoms with Gasteiger partial charge in [-0.3, -0.25) is 10.1 Å². The van der Waals surface area contributed by atoms with Crippen LogP contribution in [-0.2, 0) is 4.74 Å². The Balaban J connectivity index is 2.27. The standard InChI is InChI=1S/C18H19NO4/c1-18(2,3)23-17(22)19-14-8-4-6-12(10-14)15-9-5-7-13(11-20)16(15)21/h4-11,21H,1-3H3,(H,19,22). The quantitative estimate of drug-likeness (QED) is 0.832. The number of para-hydroxylation sites is 1. The molecule has 0 bridgehead atoms. The maximum absolute atomic E-state index is 11.8. The highest BCUT2D eigenvalue weighted by molar-refractivity contribution is 5.88. The number of hydrogen-bond acceptors (Lipinski definition) is 4. The minimum Gasteiger partial charge on any atom is -0.507 e. The Bertz CT molecular complexity index is 732. The largest absolute Gasteiger partial charge is 0.507 e. The molecule has 5 heteroatoms. The first-order valence-corrected chi connectivity index (χ1v) is 7.18. The average Bonchev–Trinajstić information content (AvgIpc) is 2.45. The third kappa shape index (κ3) is 4.32. The van der Waals surface area contributed by atoms with E-state index in [0.717, 1.165) is 0 Å². The Morgan fingerprint density at radius 2 is 1.87 bits per heavy atom. The predicted octanol–water partition coefficient (Wildman–Crippen LogP) is 4.22. The van der Waals surface area contributed by atoms with Gasteiger partial charge in [0.2, 0.25) is 0 Å². The van der Waals surface area contributed by atoms with Crippen molar-refractivity contribution in [3.05, 3.63) is 48.0 Å². The van der Waals surface area contributed by atoms with Crippen LogP contribution in [0.15, 0.2) is 42.5 Å². The molecule has 23 heavy (non-hydrogen) atoms. The zero-order valence-electron chi connectivity index (χ0n) is 13.3. The van der Waals surface area contributed by atoms with E-state index in [1.807, 2.05) is 0 Å². The molecular weight excluding hydrogens is 294 g/mol. The van der Waals surface area contributed by atoms with Crippen molar-refractivity contribution in [1.82, 2.24) is 0 Å². The van der Waals surface area contributed by atoms with Gasteiger partial charge in [-0.15, -0.1) is 0 Å². The van der Waals surface area contributed by atoms with Crippen LogP contribution in [-0.4, -0.2) is 23.1 Å². The zero-order chi connectivity index (χ0) is 17.0. The van der Waals surface area contributed by atoms with Crippen LogP contribution in [0.5, 0.6) is 5.75 Å². The second-order valence-electron chi connectivity index (χ2n) is 6.07. The van der Waals surface area contributed by atoms with Crippen molar-refractivity contribution < 1.29 is 19.4 Å². The molecule has 0 heterocycles. The number of phenols is 1. The van der Waals surface area contributed by atoms with Crippen molar-refractivity contribution >= 4 is 18.1 Å². The maximum atomic E-state index is 11.8. The molecule has 0 aromatic heterocycles. The van der Waals surface area contributed by atoms with Gasteiger partial charge in [-0.2, -0.15) is 0 Å². The van der Waals surface area contributed by atoms with Crippen LogP contribution >= 0.6 is 0 Å². The molecular formula is C18H19NO4. The van der Waals surface area contributed by atoms with Crippen LogP contribution in [0.1, 0.15) is 31.1 Å². The lowest BCUT2D eigenvalue weighted by atomic mass is 10.0. The molecule has 2 aromatic carbocycles. The lowest BCUT2D eigenvalue weighted by Gasteiger charge is -2.19. The van der Waals surface area contributed by atoms with E-state index >= 15 is 0 Å². The summed E-state index contributed by atoms with van der Waals surface area (Å²) in [6.07, 6.45) is 0.0438. The summed E-state index contributed by atoms with van der Waals surface area (Å²) in [5.41, 5.74) is 1.36. The van der Waals surface area contributed by atoms with Crippen LogP contribution in [0.3, 0.4) is 0 Å². The summed E-state index contributed by atoms with van der Waals surface area (Å²) >= 11 is 0. The highest BCUT2D eigenvalue weighted by Gasteiger charge is 2.16. The fourth-order valence-corrected chi connectivity index (χ4v) is 2.08. The van der Waals surface area contributed by atoms with Crippen molar-refractivity contribution in [2.24, 2.45) is 0 Å². The van der Waals surface area contributed by atoms with Gasteiger partial charge >= 0.3 is 6.09 Å². The molecule has 0 spiro atoms. The predicted molar refractivity (Wildman–Crippen MR) is 88.8 cm³/mol. The molecule has 0 atom stereocenters. The molecule has 1 amide bonds. The van der Waals surface area contributed by atoms with E-state index in [4.69, 9.17) is 4.74 Å². The molecule has 0 saturated heterocycles. The number of ether oxygens (including phenoxy) is 1. The summed E-state index contributed by atoms with van der Waals surface area (Å²) < 4.78 is 5.20. The van der Waals surface area contributed by atoms with Crippen molar-refractivity contribution in [2.45, 2.75) is 26.4 Å². The number of anilines is 1. The molecule has 0 fully saturated rings. The second-order valence-corrected chi connectivity index (χ2v) is 6.07. The molecule has 2 N–H and O–H groups in total. The van der Waals surface area contributed by atoms with E-state index in [-0.39, 0.29) is 11.3 Å². The van der Waals surface area contributed by atoms with Gasteiger partial charge in [0, 0.05) is 11.3 Å². The summed E-state index contributed by atoms with van der Waals surface area (Å²) in [6, 6.07) is 11.9. The highest BCUT2D eigenvalue weighted by atomic mass is 16.6. The summed E-state index contributed by atoms with van der Waals surface area (Å²) in [4.78, 5) is 22.7. The van der Waals surface area contributed by atoms with Gasteiger partial charge in [0.1, 0.15) is 11.4 Å². The number of amides is 1. The molecule has 0 aliphatic rings. The van der Waals surface area contributed by atoms with Gasteiger partial charge < -0.3 is 9.84 Å². The number of phenolic OH excluding ortho intramolecular Hbond substituents is 1. The maximum Gasteiger partial charge on any atom is 0.412 e. The number of aromatic hydroxyl groups is 1. The van der Waals surface area contributed by atoms with E-state index in [9.17, 15) is 14.7 Å². The molecule has 2 rings (SSSR count). The number of hydrogen-bond donors (Lipinski definition) is 2. The number of aldehydes is 1. The molecule has 0 aliphatic heterocycles. The van der Waals surface area contributed by atoms with Crippen LogP contribution in [0.2, 0.25) is 0 Å². The van der Waals surface area contributed by atoms with Gasteiger partial charge in [0.15, 0.2) is 6.29 Å². The van der Waals surface area contributed by atoms with Gasteiger partial charge in [-0.25, -0.2) is 4.79 Å². The minimum absolute atomic E-state index is 0.0862. The summed E-state index contributed by atoms with van der Waals surface area (Å²) in [7, 11) is 0. The van der Waals surface area contributed by atoms with E-state index in [1.54, 1.807) is 57.2 Å². The smallest absolute Gasteiger partial charge is 0.412 e. The third-order valence-electron chi connectivity index (χ3n) is 3.01. The summed E-state index contributed by atoms with van der Waals surface area (Å²) in [5, 5.41) is 12.8. The summed E-state index contributed by atoms with van der Waals surface area (Å²) in [6.45, 7) is 5.35. The number of carbonyl (C=O) groups excluding carboxylic acids is 2.